The summed E-state index contributed by atoms with van der Waals surface area (Å²) < 4.78 is 0. The van der Waals surface area contributed by atoms with E-state index in [1.807, 2.05) is 0 Å². The molecule has 1 fully saturated rings. The van der Waals surface area contributed by atoms with E-state index < -0.39 is 0 Å². The highest BCUT2D eigenvalue weighted by Gasteiger charge is 2.41. The van der Waals surface area contributed by atoms with Crippen molar-refractivity contribution in [2.75, 3.05) is 32.7 Å². The molecule has 0 saturated carbocycles. The molecule has 0 amide bonds. The molecule has 1 aliphatic heterocycles. The van der Waals surface area contributed by atoms with Gasteiger partial charge in [-0.25, -0.2) is 0 Å². The Kier molecular flexibility index (Phi) is 4.56. The van der Waals surface area contributed by atoms with Crippen molar-refractivity contribution in [1.82, 2.24) is 9.80 Å². The van der Waals surface area contributed by atoms with E-state index in [4.69, 9.17) is 5.73 Å². The molecule has 0 aromatic carbocycles. The molecule has 1 atom stereocenters. The third-order valence-electron chi connectivity index (χ3n) is 3.91. The van der Waals surface area contributed by atoms with E-state index in [1.165, 1.54) is 13.0 Å². The summed E-state index contributed by atoms with van der Waals surface area (Å²) in [4.78, 5) is 5.08. The Morgan fingerprint density at radius 1 is 1.33 bits per heavy atom. The first kappa shape index (κ1) is 12.9. The Labute approximate surface area is 94.6 Å². The Bertz CT molecular complexity index is 189. The van der Waals surface area contributed by atoms with Gasteiger partial charge in [0.05, 0.1) is 0 Å². The van der Waals surface area contributed by atoms with E-state index in [2.05, 4.69) is 37.5 Å². The van der Waals surface area contributed by atoms with Crippen molar-refractivity contribution < 1.29 is 0 Å². The lowest BCUT2D eigenvalue weighted by atomic mass is 9.96. The van der Waals surface area contributed by atoms with Crippen LogP contribution >= 0.6 is 0 Å². The van der Waals surface area contributed by atoms with Crippen molar-refractivity contribution in [1.29, 1.82) is 0 Å². The van der Waals surface area contributed by atoms with Gasteiger partial charge in [0.2, 0.25) is 0 Å². The molecule has 15 heavy (non-hydrogen) atoms. The Morgan fingerprint density at radius 3 is 2.27 bits per heavy atom. The second-order valence-corrected chi connectivity index (χ2v) is 4.91. The molecule has 3 nitrogen and oxygen atoms in total. The van der Waals surface area contributed by atoms with Gasteiger partial charge in [-0.15, -0.1) is 0 Å². The van der Waals surface area contributed by atoms with Crippen LogP contribution in [0.1, 0.15) is 34.1 Å². The van der Waals surface area contributed by atoms with E-state index in [0.717, 1.165) is 26.2 Å². The van der Waals surface area contributed by atoms with Crippen LogP contribution in [-0.4, -0.2) is 54.1 Å². The summed E-state index contributed by atoms with van der Waals surface area (Å²) in [6.07, 6.45) is 1.23. The number of likely N-dealkylation sites (N-methyl/N-ethyl adjacent to an activating group) is 1. The third kappa shape index (κ3) is 2.52. The summed E-state index contributed by atoms with van der Waals surface area (Å²) in [6.45, 7) is 14.4. The fourth-order valence-electron chi connectivity index (χ4n) is 2.78. The van der Waals surface area contributed by atoms with E-state index in [-0.39, 0.29) is 5.54 Å². The number of nitrogens with zero attached hydrogens (tertiary/aromatic N) is 2. The smallest absolute Gasteiger partial charge is 0.0470 e. The molecule has 1 unspecified atom stereocenters. The van der Waals surface area contributed by atoms with Crippen LogP contribution in [0.15, 0.2) is 0 Å². The lowest BCUT2D eigenvalue weighted by Gasteiger charge is -2.39. The summed E-state index contributed by atoms with van der Waals surface area (Å²) in [5, 5.41) is 0. The number of rotatable bonds is 5. The van der Waals surface area contributed by atoms with E-state index in [0.29, 0.717) is 6.04 Å². The average molecular weight is 213 g/mol. The molecule has 3 heteroatoms. The minimum atomic E-state index is 0.244. The summed E-state index contributed by atoms with van der Waals surface area (Å²) >= 11 is 0. The molecule has 1 aliphatic rings. The SMILES string of the molecule is CCN(CC)C1(CN)CCN(C(C)C)C1. The van der Waals surface area contributed by atoms with Crippen molar-refractivity contribution in [2.45, 2.75) is 45.7 Å². The minimum absolute atomic E-state index is 0.244. The zero-order valence-corrected chi connectivity index (χ0v) is 10.8. The highest BCUT2D eigenvalue weighted by atomic mass is 15.3. The van der Waals surface area contributed by atoms with E-state index in [1.54, 1.807) is 0 Å². The van der Waals surface area contributed by atoms with Crippen molar-refractivity contribution in [3.63, 3.8) is 0 Å². The van der Waals surface area contributed by atoms with Crippen molar-refractivity contribution in [3.05, 3.63) is 0 Å². The molecule has 1 rings (SSSR count). The second kappa shape index (κ2) is 5.28. The Morgan fingerprint density at radius 2 is 1.93 bits per heavy atom. The average Bonchev–Trinajstić information content (AvgIpc) is 2.65. The predicted molar refractivity (Wildman–Crippen MR) is 66.0 cm³/mol. The molecule has 0 spiro atoms. The van der Waals surface area contributed by atoms with Gasteiger partial charge in [-0.3, -0.25) is 9.80 Å². The topological polar surface area (TPSA) is 32.5 Å². The standard InChI is InChI=1S/C12H27N3/c1-5-15(6-2)12(9-13)7-8-14(10-12)11(3)4/h11H,5-10,13H2,1-4H3. The van der Waals surface area contributed by atoms with Crippen LogP contribution in [0.5, 0.6) is 0 Å². The molecule has 0 aliphatic carbocycles. The van der Waals surface area contributed by atoms with E-state index >= 15 is 0 Å². The highest BCUT2D eigenvalue weighted by molar-refractivity contribution is 5.00. The van der Waals surface area contributed by atoms with Crippen molar-refractivity contribution in [3.8, 4) is 0 Å². The lowest BCUT2D eigenvalue weighted by molar-refractivity contribution is 0.106. The second-order valence-electron chi connectivity index (χ2n) is 4.91. The molecule has 1 saturated heterocycles. The van der Waals surface area contributed by atoms with Gasteiger partial charge in [-0.05, 0) is 33.4 Å². The van der Waals surface area contributed by atoms with Crippen LogP contribution in [0.2, 0.25) is 0 Å². The molecule has 0 aromatic heterocycles. The molecule has 0 aromatic rings. The molecule has 0 radical (unpaired) electrons. The molecule has 2 N–H and O–H groups in total. The number of hydrogen-bond acceptors (Lipinski definition) is 3. The molecule has 90 valence electrons. The maximum Gasteiger partial charge on any atom is 0.0470 e. The zero-order valence-electron chi connectivity index (χ0n) is 10.8. The number of nitrogens with two attached hydrogens (primary N) is 1. The van der Waals surface area contributed by atoms with Gasteiger partial charge in [0.25, 0.3) is 0 Å². The summed E-state index contributed by atoms with van der Waals surface area (Å²) in [7, 11) is 0. The minimum Gasteiger partial charge on any atom is -0.329 e. The maximum atomic E-state index is 6.01. The molecular formula is C12H27N3. The number of likely N-dealkylation sites (tertiary alicyclic amines) is 1. The molecule has 0 bridgehead atoms. The van der Waals surface area contributed by atoms with Gasteiger partial charge >= 0.3 is 0 Å². The zero-order chi connectivity index (χ0) is 11.5. The van der Waals surface area contributed by atoms with Gasteiger partial charge in [-0.1, -0.05) is 13.8 Å². The fourth-order valence-corrected chi connectivity index (χ4v) is 2.78. The largest absolute Gasteiger partial charge is 0.329 e. The summed E-state index contributed by atoms with van der Waals surface area (Å²) in [5.41, 5.74) is 6.26. The van der Waals surface area contributed by atoms with Gasteiger partial charge < -0.3 is 5.73 Å². The first-order valence-electron chi connectivity index (χ1n) is 6.28. The first-order chi connectivity index (χ1) is 7.09. The molecular weight excluding hydrogens is 186 g/mol. The van der Waals surface area contributed by atoms with Crippen LogP contribution in [0, 0.1) is 0 Å². The Hall–Kier alpha value is -0.120. The van der Waals surface area contributed by atoms with Crippen LogP contribution in [0.3, 0.4) is 0 Å². The van der Waals surface area contributed by atoms with Crippen molar-refractivity contribution in [2.24, 2.45) is 5.73 Å². The number of hydrogen-bond donors (Lipinski definition) is 1. The van der Waals surface area contributed by atoms with Gasteiger partial charge in [0, 0.05) is 31.2 Å². The van der Waals surface area contributed by atoms with Crippen LogP contribution in [-0.2, 0) is 0 Å². The fraction of sp³-hybridized carbons (Fsp3) is 1.00. The monoisotopic (exact) mass is 213 g/mol. The summed E-state index contributed by atoms with van der Waals surface area (Å²) in [5.74, 6) is 0. The summed E-state index contributed by atoms with van der Waals surface area (Å²) in [6, 6.07) is 0.647. The maximum absolute atomic E-state index is 6.01. The van der Waals surface area contributed by atoms with Crippen LogP contribution < -0.4 is 5.73 Å². The predicted octanol–water partition coefficient (Wildman–Crippen LogP) is 1.14. The normalized spacial score (nSPS) is 28.2. The first-order valence-corrected chi connectivity index (χ1v) is 6.28. The highest BCUT2D eigenvalue weighted by Crippen LogP contribution is 2.28. The molecule has 1 heterocycles. The lowest BCUT2D eigenvalue weighted by Crippen LogP contribution is -2.55. The van der Waals surface area contributed by atoms with Gasteiger partial charge in [-0.2, -0.15) is 0 Å². The quantitative estimate of drug-likeness (QED) is 0.743. The van der Waals surface area contributed by atoms with Crippen LogP contribution in [0.4, 0.5) is 0 Å². The third-order valence-corrected chi connectivity index (χ3v) is 3.91. The van der Waals surface area contributed by atoms with Gasteiger partial charge in [0.15, 0.2) is 0 Å². The van der Waals surface area contributed by atoms with Gasteiger partial charge in [0.1, 0.15) is 0 Å². The van der Waals surface area contributed by atoms with E-state index in [9.17, 15) is 0 Å². The van der Waals surface area contributed by atoms with Crippen molar-refractivity contribution >= 4 is 0 Å². The Balaban J connectivity index is 2.71. The van der Waals surface area contributed by atoms with Crippen LogP contribution in [0.25, 0.3) is 0 Å².